The summed E-state index contributed by atoms with van der Waals surface area (Å²) >= 11 is 6.21. The molecule has 0 radical (unpaired) electrons. The molecule has 6 nitrogen and oxygen atoms in total. The van der Waals surface area contributed by atoms with Crippen LogP contribution in [0.3, 0.4) is 0 Å². The Bertz CT molecular complexity index is 671. The molecule has 1 aliphatic rings. The van der Waals surface area contributed by atoms with Crippen molar-refractivity contribution >= 4 is 21.8 Å². The molecule has 8 heteroatoms. The minimum atomic E-state index is -3.53. The smallest absolute Gasteiger partial charge is 0.279 e. The molecule has 1 aromatic rings. The Labute approximate surface area is 155 Å². The van der Waals surface area contributed by atoms with Gasteiger partial charge < -0.3 is 9.47 Å². The van der Waals surface area contributed by atoms with Gasteiger partial charge in [0.15, 0.2) is 0 Å². The van der Waals surface area contributed by atoms with E-state index in [-0.39, 0.29) is 6.54 Å². The Hall–Kier alpha value is -0.860. The summed E-state index contributed by atoms with van der Waals surface area (Å²) in [6, 6.07) is 5.47. The van der Waals surface area contributed by atoms with Crippen LogP contribution in [0.5, 0.6) is 5.75 Å². The van der Waals surface area contributed by atoms with Crippen LogP contribution in [0.2, 0.25) is 5.02 Å². The highest BCUT2D eigenvalue weighted by Crippen LogP contribution is 2.40. The van der Waals surface area contributed by atoms with Crippen LogP contribution in [0, 0.1) is 0 Å². The van der Waals surface area contributed by atoms with Gasteiger partial charge in [-0.2, -0.15) is 12.7 Å². The van der Waals surface area contributed by atoms with E-state index in [4.69, 9.17) is 21.1 Å². The topological polar surface area (TPSA) is 67.9 Å². The van der Waals surface area contributed by atoms with E-state index >= 15 is 0 Å². The number of ether oxygens (including phenoxy) is 2. The zero-order valence-electron chi connectivity index (χ0n) is 15.0. The number of methoxy groups -OCH3 is 1. The van der Waals surface area contributed by atoms with Crippen molar-refractivity contribution in [2.75, 3.05) is 40.0 Å². The Morgan fingerprint density at radius 1 is 1.28 bits per heavy atom. The first-order valence-corrected chi connectivity index (χ1v) is 10.4. The van der Waals surface area contributed by atoms with Crippen LogP contribution >= 0.6 is 11.6 Å². The van der Waals surface area contributed by atoms with E-state index in [1.807, 2.05) is 26.0 Å². The van der Waals surface area contributed by atoms with Gasteiger partial charge in [0.25, 0.3) is 10.2 Å². The van der Waals surface area contributed by atoms with Crippen LogP contribution in [0.1, 0.15) is 32.3 Å². The number of hydrogen-bond donors (Lipinski definition) is 1. The molecule has 0 aliphatic carbocycles. The van der Waals surface area contributed by atoms with Gasteiger partial charge in [-0.15, -0.1) is 0 Å². The number of nitrogens with zero attached hydrogens (tertiary/aromatic N) is 1. The Balaban J connectivity index is 2.35. The standard InChI is InChI=1S/C17H27ClN2O4S/c1-4-20(5-2)25(21,22)19-13-17(8-10-24-11-9-17)15-12-14(18)6-7-16(15)23-3/h6-7,12,19H,4-5,8-11,13H2,1-3H3. The highest BCUT2D eigenvalue weighted by Gasteiger charge is 2.38. The summed E-state index contributed by atoms with van der Waals surface area (Å²) in [6.45, 7) is 5.95. The molecule has 1 heterocycles. The molecular formula is C17H27ClN2O4S. The van der Waals surface area contributed by atoms with Crippen molar-refractivity contribution in [1.82, 2.24) is 9.03 Å². The lowest BCUT2D eigenvalue weighted by Crippen LogP contribution is -2.49. The Morgan fingerprint density at radius 3 is 2.48 bits per heavy atom. The normalized spacial score (nSPS) is 17.6. The maximum atomic E-state index is 12.6. The quantitative estimate of drug-likeness (QED) is 0.740. The summed E-state index contributed by atoms with van der Waals surface area (Å²) in [7, 11) is -1.92. The van der Waals surface area contributed by atoms with Crippen molar-refractivity contribution in [2.45, 2.75) is 32.1 Å². The fourth-order valence-corrected chi connectivity index (χ4v) is 4.78. The van der Waals surface area contributed by atoms with Crippen LogP contribution < -0.4 is 9.46 Å². The summed E-state index contributed by atoms with van der Waals surface area (Å²) < 4.78 is 40.3. The summed E-state index contributed by atoms with van der Waals surface area (Å²) in [4.78, 5) is 0. The molecule has 1 fully saturated rings. The van der Waals surface area contributed by atoms with Gasteiger partial charge in [-0.25, -0.2) is 4.72 Å². The molecule has 0 aromatic heterocycles. The third kappa shape index (κ3) is 4.65. The molecule has 1 N–H and O–H groups in total. The van der Waals surface area contributed by atoms with Crippen molar-refractivity contribution in [2.24, 2.45) is 0 Å². The molecule has 0 spiro atoms. The van der Waals surface area contributed by atoms with Crippen LogP contribution in [-0.2, 0) is 20.4 Å². The van der Waals surface area contributed by atoms with Crippen LogP contribution in [0.25, 0.3) is 0 Å². The Morgan fingerprint density at radius 2 is 1.92 bits per heavy atom. The minimum absolute atomic E-state index is 0.284. The van der Waals surface area contributed by atoms with Crippen LogP contribution in [-0.4, -0.2) is 52.7 Å². The summed E-state index contributed by atoms with van der Waals surface area (Å²) in [6.07, 6.45) is 1.40. The van der Waals surface area contributed by atoms with Gasteiger partial charge in [-0.1, -0.05) is 25.4 Å². The van der Waals surface area contributed by atoms with Gasteiger partial charge in [0.1, 0.15) is 5.75 Å². The van der Waals surface area contributed by atoms with E-state index in [1.54, 1.807) is 13.2 Å². The number of hydrogen-bond acceptors (Lipinski definition) is 4. The SMILES string of the molecule is CCN(CC)S(=O)(=O)NCC1(c2cc(Cl)ccc2OC)CCOCC1. The van der Waals surface area contributed by atoms with Gasteiger partial charge in [-0.05, 0) is 31.0 Å². The second kappa shape index (κ2) is 8.68. The van der Waals surface area contributed by atoms with E-state index in [0.29, 0.717) is 49.9 Å². The fourth-order valence-electron chi connectivity index (χ4n) is 3.28. The van der Waals surface area contributed by atoms with Gasteiger partial charge in [0.05, 0.1) is 7.11 Å². The molecule has 0 unspecified atom stereocenters. The molecule has 0 saturated carbocycles. The molecular weight excluding hydrogens is 364 g/mol. The number of halogens is 1. The van der Waals surface area contributed by atoms with Gasteiger partial charge >= 0.3 is 0 Å². The molecule has 0 atom stereocenters. The lowest BCUT2D eigenvalue weighted by atomic mass is 9.74. The minimum Gasteiger partial charge on any atom is -0.496 e. The number of benzene rings is 1. The van der Waals surface area contributed by atoms with E-state index in [1.165, 1.54) is 4.31 Å². The molecule has 1 aromatic carbocycles. The van der Waals surface area contributed by atoms with Crippen molar-refractivity contribution in [3.05, 3.63) is 28.8 Å². The zero-order chi connectivity index (χ0) is 18.5. The lowest BCUT2D eigenvalue weighted by molar-refractivity contribution is 0.0507. The van der Waals surface area contributed by atoms with Crippen molar-refractivity contribution in [1.29, 1.82) is 0 Å². The van der Waals surface area contributed by atoms with Gasteiger partial charge in [0, 0.05) is 48.8 Å². The van der Waals surface area contributed by atoms with Crippen molar-refractivity contribution < 1.29 is 17.9 Å². The van der Waals surface area contributed by atoms with Crippen molar-refractivity contribution in [3.63, 3.8) is 0 Å². The van der Waals surface area contributed by atoms with Crippen LogP contribution in [0.4, 0.5) is 0 Å². The second-order valence-corrected chi connectivity index (χ2v) is 8.34. The molecule has 0 bridgehead atoms. The van der Waals surface area contributed by atoms with E-state index in [9.17, 15) is 8.42 Å². The number of rotatable bonds is 8. The first-order chi connectivity index (χ1) is 11.9. The van der Waals surface area contributed by atoms with Crippen LogP contribution in [0.15, 0.2) is 18.2 Å². The average Bonchev–Trinajstić information content (AvgIpc) is 2.61. The highest BCUT2D eigenvalue weighted by molar-refractivity contribution is 7.87. The predicted octanol–water partition coefficient (Wildman–Crippen LogP) is 2.57. The lowest BCUT2D eigenvalue weighted by Gasteiger charge is -2.39. The monoisotopic (exact) mass is 390 g/mol. The maximum absolute atomic E-state index is 12.6. The highest BCUT2D eigenvalue weighted by atomic mass is 35.5. The molecule has 0 amide bonds. The third-order valence-corrected chi connectivity index (χ3v) is 6.76. The van der Waals surface area contributed by atoms with E-state index in [2.05, 4.69) is 4.72 Å². The summed E-state index contributed by atoms with van der Waals surface area (Å²) in [5, 5.41) is 0.605. The maximum Gasteiger partial charge on any atom is 0.279 e. The summed E-state index contributed by atoms with van der Waals surface area (Å²) in [5.74, 6) is 0.716. The van der Waals surface area contributed by atoms with Gasteiger partial charge in [-0.3, -0.25) is 0 Å². The van der Waals surface area contributed by atoms with E-state index in [0.717, 1.165) is 5.56 Å². The molecule has 25 heavy (non-hydrogen) atoms. The van der Waals surface area contributed by atoms with E-state index < -0.39 is 15.6 Å². The zero-order valence-corrected chi connectivity index (χ0v) is 16.6. The first-order valence-electron chi connectivity index (χ1n) is 8.55. The first kappa shape index (κ1) is 20.5. The average molecular weight is 391 g/mol. The van der Waals surface area contributed by atoms with Gasteiger partial charge in [0.2, 0.25) is 0 Å². The Kier molecular flexibility index (Phi) is 7.10. The predicted molar refractivity (Wildman–Crippen MR) is 99.6 cm³/mol. The molecule has 1 saturated heterocycles. The second-order valence-electron chi connectivity index (χ2n) is 6.15. The fraction of sp³-hybridized carbons (Fsp3) is 0.647. The largest absolute Gasteiger partial charge is 0.496 e. The molecule has 1 aliphatic heterocycles. The summed E-state index contributed by atoms with van der Waals surface area (Å²) in [5.41, 5.74) is 0.516. The molecule has 142 valence electrons. The number of nitrogens with one attached hydrogen (secondary N) is 1. The third-order valence-electron chi connectivity index (χ3n) is 4.82. The molecule has 2 rings (SSSR count). The van der Waals surface area contributed by atoms with Crippen molar-refractivity contribution in [3.8, 4) is 5.75 Å².